The van der Waals surface area contributed by atoms with E-state index in [4.69, 9.17) is 5.73 Å². The summed E-state index contributed by atoms with van der Waals surface area (Å²) in [5.41, 5.74) is 7.11. The molecule has 1 saturated carbocycles. The van der Waals surface area contributed by atoms with Gasteiger partial charge in [0.25, 0.3) is 0 Å². The van der Waals surface area contributed by atoms with Gasteiger partial charge in [0.1, 0.15) is 11.7 Å². The molecule has 0 saturated heterocycles. The van der Waals surface area contributed by atoms with Gasteiger partial charge in [-0.1, -0.05) is 13.8 Å². The second-order valence-corrected chi connectivity index (χ2v) is 9.25. The molecular formula is C22H28F3N7O. The second-order valence-electron chi connectivity index (χ2n) is 9.25. The van der Waals surface area contributed by atoms with E-state index >= 15 is 0 Å². The van der Waals surface area contributed by atoms with E-state index in [1.807, 2.05) is 32.7 Å². The van der Waals surface area contributed by atoms with Gasteiger partial charge in [-0.15, -0.1) is 0 Å². The molecule has 2 aromatic rings. The summed E-state index contributed by atoms with van der Waals surface area (Å²) in [7, 11) is 1.84. The Bertz CT molecular complexity index is 1060. The summed E-state index contributed by atoms with van der Waals surface area (Å²) >= 11 is 0. The molecule has 0 bridgehead atoms. The van der Waals surface area contributed by atoms with Gasteiger partial charge in [0.15, 0.2) is 23.3 Å². The van der Waals surface area contributed by atoms with Crippen LogP contribution in [0.2, 0.25) is 0 Å². The number of aromatic nitrogens is 2. The van der Waals surface area contributed by atoms with Gasteiger partial charge < -0.3 is 21.3 Å². The summed E-state index contributed by atoms with van der Waals surface area (Å²) in [6.07, 6.45) is 1.06. The molecule has 1 unspecified atom stereocenters. The van der Waals surface area contributed by atoms with Gasteiger partial charge in [0.05, 0.1) is 11.4 Å². The van der Waals surface area contributed by atoms with Crippen molar-refractivity contribution < 1.29 is 18.0 Å². The number of fused-ring (bicyclic) bond motifs is 1. The Morgan fingerprint density at radius 3 is 2.48 bits per heavy atom. The van der Waals surface area contributed by atoms with Crippen molar-refractivity contribution >= 4 is 23.4 Å². The topological polar surface area (TPSA) is 108 Å². The highest BCUT2D eigenvalue weighted by Crippen LogP contribution is 2.35. The molecule has 0 spiro atoms. The van der Waals surface area contributed by atoms with Crippen LogP contribution in [0.25, 0.3) is 0 Å². The Hall–Kier alpha value is -2.92. The molecular weight excluding hydrogens is 435 g/mol. The fraction of sp³-hybridized carbons (Fsp3) is 0.500. The third-order valence-electron chi connectivity index (χ3n) is 6.21. The van der Waals surface area contributed by atoms with Crippen molar-refractivity contribution in [3.8, 4) is 0 Å². The van der Waals surface area contributed by atoms with Crippen LogP contribution >= 0.6 is 0 Å². The monoisotopic (exact) mass is 463 g/mol. The quantitative estimate of drug-likeness (QED) is 0.385. The van der Waals surface area contributed by atoms with Crippen molar-refractivity contribution in [1.82, 2.24) is 15.3 Å². The minimum absolute atomic E-state index is 0.00831. The Kier molecular flexibility index (Phi) is 5.95. The van der Waals surface area contributed by atoms with E-state index in [9.17, 15) is 18.0 Å². The van der Waals surface area contributed by atoms with Gasteiger partial charge in [-0.2, -0.15) is 4.98 Å². The van der Waals surface area contributed by atoms with Crippen LogP contribution in [-0.4, -0.2) is 40.7 Å². The molecule has 2 aliphatic rings. The molecule has 1 fully saturated rings. The molecule has 0 radical (unpaired) electrons. The maximum absolute atomic E-state index is 13.4. The molecule has 1 aliphatic carbocycles. The average Bonchev–Trinajstić information content (AvgIpc) is 2.70. The average molecular weight is 464 g/mol. The lowest BCUT2D eigenvalue weighted by Gasteiger charge is -2.46. The molecule has 1 amide bonds. The van der Waals surface area contributed by atoms with Crippen molar-refractivity contribution in [1.29, 1.82) is 0 Å². The molecule has 5 N–H and O–H groups in total. The van der Waals surface area contributed by atoms with Gasteiger partial charge in [0, 0.05) is 19.6 Å². The number of nitrogens with one attached hydrogen (secondary N) is 3. The fourth-order valence-corrected chi connectivity index (χ4v) is 4.52. The number of halogens is 3. The number of anilines is 3. The first-order chi connectivity index (χ1) is 15.5. The Morgan fingerprint density at radius 2 is 1.88 bits per heavy atom. The van der Waals surface area contributed by atoms with E-state index in [1.165, 1.54) is 0 Å². The lowest BCUT2D eigenvalue weighted by Crippen LogP contribution is -2.65. The first kappa shape index (κ1) is 23.2. The van der Waals surface area contributed by atoms with Crippen molar-refractivity contribution in [2.24, 2.45) is 11.7 Å². The molecule has 1 aliphatic heterocycles. The van der Waals surface area contributed by atoms with E-state index in [0.29, 0.717) is 36.0 Å². The largest absolute Gasteiger partial charge is 0.351 e. The summed E-state index contributed by atoms with van der Waals surface area (Å²) in [4.78, 5) is 23.4. The lowest BCUT2D eigenvalue weighted by atomic mass is 9.80. The van der Waals surface area contributed by atoms with Crippen LogP contribution in [0.15, 0.2) is 12.1 Å². The minimum atomic E-state index is -1.49. The fourth-order valence-electron chi connectivity index (χ4n) is 4.52. The molecule has 2 heterocycles. The first-order valence-corrected chi connectivity index (χ1v) is 10.8. The third kappa shape index (κ3) is 4.47. The number of hydrogen-bond donors (Lipinski definition) is 4. The molecule has 178 valence electrons. The second kappa shape index (κ2) is 8.45. The maximum Gasteiger partial charge on any atom is 0.247 e. The smallest absolute Gasteiger partial charge is 0.247 e. The normalized spacial score (nSPS) is 24.4. The Labute approximate surface area is 190 Å². The highest BCUT2D eigenvalue weighted by atomic mass is 19.2. The number of carbonyl (C=O) groups is 1. The van der Waals surface area contributed by atoms with Crippen molar-refractivity contribution in [2.45, 2.75) is 57.9 Å². The van der Waals surface area contributed by atoms with Gasteiger partial charge in [-0.25, -0.2) is 18.2 Å². The minimum Gasteiger partial charge on any atom is -0.351 e. The predicted molar refractivity (Wildman–Crippen MR) is 119 cm³/mol. The molecule has 1 aromatic heterocycles. The standard InChI is InChI=1S/C22H28F3N7O/c1-10(2)18-20(33)30-17-11(3)28-21(31-19(17)32(18)4)29-13-7-22(26,8-13)27-9-12-5-14(23)16(25)15(24)6-12/h5-6,10,13,18,27H,7-9,26H2,1-4H3,(H,30,33)(H,28,29,31). The SMILES string of the molecule is Cc1nc(NC2CC(N)(NCc3cc(F)c(F)c(F)c3)C2)nc2c1NC(=O)C(C(C)C)N2C. The van der Waals surface area contributed by atoms with E-state index in [0.717, 1.165) is 12.1 Å². The highest BCUT2D eigenvalue weighted by Gasteiger charge is 2.41. The summed E-state index contributed by atoms with van der Waals surface area (Å²) in [6, 6.07) is 1.57. The maximum atomic E-state index is 13.4. The number of likely N-dealkylation sites (N-methyl/N-ethyl adjacent to an activating group) is 1. The predicted octanol–water partition coefficient (Wildman–Crippen LogP) is 2.63. The van der Waals surface area contributed by atoms with Gasteiger partial charge >= 0.3 is 0 Å². The van der Waals surface area contributed by atoms with Crippen LogP contribution in [0.5, 0.6) is 0 Å². The van der Waals surface area contributed by atoms with E-state index in [1.54, 1.807) is 0 Å². The van der Waals surface area contributed by atoms with Crippen LogP contribution < -0.4 is 26.6 Å². The Morgan fingerprint density at radius 1 is 1.24 bits per heavy atom. The van der Waals surface area contributed by atoms with Crippen molar-refractivity contribution in [3.05, 3.63) is 40.8 Å². The van der Waals surface area contributed by atoms with Crippen LogP contribution in [0, 0.1) is 30.3 Å². The van der Waals surface area contributed by atoms with Crippen LogP contribution in [0.4, 0.5) is 30.6 Å². The molecule has 33 heavy (non-hydrogen) atoms. The molecule has 1 atom stereocenters. The van der Waals surface area contributed by atoms with Gasteiger partial charge in [0.2, 0.25) is 11.9 Å². The number of carbonyl (C=O) groups excluding carboxylic acids is 1. The summed E-state index contributed by atoms with van der Waals surface area (Å²) in [5.74, 6) is -2.83. The highest BCUT2D eigenvalue weighted by molar-refractivity contribution is 6.03. The number of nitrogens with zero attached hydrogens (tertiary/aromatic N) is 3. The zero-order chi connectivity index (χ0) is 24.1. The van der Waals surface area contributed by atoms with Gasteiger partial charge in [-0.05, 0) is 43.4 Å². The van der Waals surface area contributed by atoms with Crippen LogP contribution in [0.3, 0.4) is 0 Å². The molecule has 1 aromatic carbocycles. The number of benzene rings is 1. The van der Waals surface area contributed by atoms with Gasteiger partial charge in [-0.3, -0.25) is 10.1 Å². The molecule has 8 nitrogen and oxygen atoms in total. The summed E-state index contributed by atoms with van der Waals surface area (Å²) < 4.78 is 39.9. The number of nitrogens with two attached hydrogens (primary N) is 1. The Balaban J connectivity index is 1.39. The number of aryl methyl sites for hydroxylation is 1. The molecule has 4 rings (SSSR count). The number of hydrogen-bond acceptors (Lipinski definition) is 7. The zero-order valence-electron chi connectivity index (χ0n) is 19.0. The summed E-state index contributed by atoms with van der Waals surface area (Å²) in [5, 5.41) is 9.27. The van der Waals surface area contributed by atoms with Crippen LogP contribution in [0.1, 0.15) is 37.9 Å². The number of amides is 1. The first-order valence-electron chi connectivity index (χ1n) is 10.8. The van der Waals surface area contributed by atoms with Crippen molar-refractivity contribution in [3.63, 3.8) is 0 Å². The number of rotatable bonds is 6. The zero-order valence-corrected chi connectivity index (χ0v) is 19.0. The lowest BCUT2D eigenvalue weighted by molar-refractivity contribution is -0.118. The summed E-state index contributed by atoms with van der Waals surface area (Å²) in [6.45, 7) is 5.88. The van der Waals surface area contributed by atoms with E-state index in [-0.39, 0.29) is 36.0 Å². The van der Waals surface area contributed by atoms with E-state index in [2.05, 4.69) is 25.9 Å². The third-order valence-corrected chi connectivity index (χ3v) is 6.21. The van der Waals surface area contributed by atoms with E-state index < -0.39 is 23.1 Å². The molecule has 11 heteroatoms. The van der Waals surface area contributed by atoms with Crippen molar-refractivity contribution in [2.75, 3.05) is 22.6 Å². The van der Waals surface area contributed by atoms with Crippen LogP contribution in [-0.2, 0) is 11.3 Å².